The molecule has 0 atom stereocenters. The molecule has 108 valence electrons. The Morgan fingerprint density at radius 3 is 2.15 bits per heavy atom. The first-order chi connectivity index (χ1) is 9.66. The van der Waals surface area contributed by atoms with Gasteiger partial charge >= 0.3 is 0 Å². The van der Waals surface area contributed by atoms with Gasteiger partial charge in [-0.15, -0.1) is 0 Å². The standard InChI is InChI=1S/C16H21NO3/c18-16(14-6-4-2-1-3-5-7-14)12-13-8-10-15(11-9-13)17(19)20/h8-11,14H,1-7,12H2. The van der Waals surface area contributed by atoms with Gasteiger partial charge in [0.25, 0.3) is 5.69 Å². The first-order valence-electron chi connectivity index (χ1n) is 7.43. The van der Waals surface area contributed by atoms with Crippen molar-refractivity contribution >= 4 is 11.5 Å². The highest BCUT2D eigenvalue weighted by atomic mass is 16.6. The van der Waals surface area contributed by atoms with Crippen LogP contribution in [0.15, 0.2) is 24.3 Å². The summed E-state index contributed by atoms with van der Waals surface area (Å²) in [5.41, 5.74) is 0.954. The summed E-state index contributed by atoms with van der Waals surface area (Å²) in [6.07, 6.45) is 8.49. The normalized spacial score (nSPS) is 17.2. The average molecular weight is 275 g/mol. The van der Waals surface area contributed by atoms with Crippen molar-refractivity contribution in [1.29, 1.82) is 0 Å². The van der Waals surface area contributed by atoms with E-state index in [9.17, 15) is 14.9 Å². The number of Topliss-reactive ketones (excluding diaryl/α,β-unsaturated/α-hetero) is 1. The van der Waals surface area contributed by atoms with E-state index < -0.39 is 4.92 Å². The Morgan fingerprint density at radius 1 is 1.05 bits per heavy atom. The van der Waals surface area contributed by atoms with E-state index in [-0.39, 0.29) is 11.6 Å². The third-order valence-electron chi connectivity index (χ3n) is 4.09. The summed E-state index contributed by atoms with van der Waals surface area (Å²) in [5.74, 6) is 0.478. The van der Waals surface area contributed by atoms with E-state index in [2.05, 4.69) is 0 Å². The summed E-state index contributed by atoms with van der Waals surface area (Å²) in [4.78, 5) is 22.5. The van der Waals surface area contributed by atoms with Gasteiger partial charge in [-0.3, -0.25) is 14.9 Å². The fraction of sp³-hybridized carbons (Fsp3) is 0.562. The molecule has 1 fully saturated rings. The first-order valence-corrected chi connectivity index (χ1v) is 7.43. The molecule has 0 radical (unpaired) electrons. The summed E-state index contributed by atoms with van der Waals surface area (Å²) < 4.78 is 0. The second kappa shape index (κ2) is 7.17. The van der Waals surface area contributed by atoms with E-state index in [1.54, 1.807) is 12.1 Å². The van der Waals surface area contributed by atoms with Gasteiger partial charge in [0.2, 0.25) is 0 Å². The summed E-state index contributed by atoms with van der Waals surface area (Å²) in [6, 6.07) is 6.33. The second-order valence-corrected chi connectivity index (χ2v) is 5.61. The Morgan fingerprint density at radius 2 is 1.60 bits per heavy atom. The van der Waals surface area contributed by atoms with Gasteiger partial charge in [0, 0.05) is 24.5 Å². The van der Waals surface area contributed by atoms with Crippen molar-refractivity contribution in [1.82, 2.24) is 0 Å². The molecule has 1 aliphatic carbocycles. The monoisotopic (exact) mass is 275 g/mol. The maximum atomic E-state index is 12.3. The van der Waals surface area contributed by atoms with Crippen LogP contribution in [-0.4, -0.2) is 10.7 Å². The molecular weight excluding hydrogens is 254 g/mol. The number of nitro groups is 1. The van der Waals surface area contributed by atoms with Crippen LogP contribution in [0.2, 0.25) is 0 Å². The molecule has 0 aromatic heterocycles. The molecule has 2 rings (SSSR count). The predicted molar refractivity (Wildman–Crippen MR) is 77.6 cm³/mol. The zero-order chi connectivity index (χ0) is 14.4. The fourth-order valence-electron chi connectivity index (χ4n) is 2.86. The molecule has 0 N–H and O–H groups in total. The minimum absolute atomic E-state index is 0.0761. The molecule has 0 aliphatic heterocycles. The summed E-state index contributed by atoms with van der Waals surface area (Å²) in [7, 11) is 0. The van der Waals surface area contributed by atoms with Crippen molar-refractivity contribution in [2.24, 2.45) is 5.92 Å². The average Bonchev–Trinajstić information content (AvgIpc) is 2.38. The molecule has 1 aliphatic rings. The van der Waals surface area contributed by atoms with Gasteiger partial charge in [-0.2, -0.15) is 0 Å². The number of hydrogen-bond donors (Lipinski definition) is 0. The Hall–Kier alpha value is -1.71. The zero-order valence-electron chi connectivity index (χ0n) is 11.7. The van der Waals surface area contributed by atoms with E-state index in [4.69, 9.17) is 0 Å². The number of carbonyl (C=O) groups excluding carboxylic acids is 1. The lowest BCUT2D eigenvalue weighted by Crippen LogP contribution is -2.18. The zero-order valence-corrected chi connectivity index (χ0v) is 11.7. The number of hydrogen-bond acceptors (Lipinski definition) is 3. The SMILES string of the molecule is O=C(Cc1ccc([N+](=O)[O-])cc1)C1CCCCCCC1. The molecule has 1 aromatic rings. The smallest absolute Gasteiger partial charge is 0.269 e. The van der Waals surface area contributed by atoms with Gasteiger partial charge < -0.3 is 0 Å². The Bertz CT molecular complexity index is 459. The number of benzene rings is 1. The van der Waals surface area contributed by atoms with Gasteiger partial charge in [0.05, 0.1) is 4.92 Å². The number of carbonyl (C=O) groups is 1. The van der Waals surface area contributed by atoms with Gasteiger partial charge in [-0.05, 0) is 18.4 Å². The van der Waals surface area contributed by atoms with E-state index in [1.807, 2.05) is 0 Å². The number of nitrogens with zero attached hydrogens (tertiary/aromatic N) is 1. The molecule has 0 saturated heterocycles. The van der Waals surface area contributed by atoms with Crippen molar-refractivity contribution in [3.8, 4) is 0 Å². The number of non-ortho nitro benzene ring substituents is 1. The van der Waals surface area contributed by atoms with Crippen LogP contribution >= 0.6 is 0 Å². The van der Waals surface area contributed by atoms with Crippen LogP contribution in [-0.2, 0) is 11.2 Å². The molecule has 0 unspecified atom stereocenters. The summed E-state index contributed by atoms with van der Waals surface area (Å²) in [6.45, 7) is 0. The van der Waals surface area contributed by atoms with Gasteiger partial charge in [0.1, 0.15) is 5.78 Å². The highest BCUT2D eigenvalue weighted by molar-refractivity contribution is 5.83. The maximum absolute atomic E-state index is 12.3. The lowest BCUT2D eigenvalue weighted by atomic mass is 9.86. The maximum Gasteiger partial charge on any atom is 0.269 e. The third kappa shape index (κ3) is 4.15. The molecule has 4 nitrogen and oxygen atoms in total. The van der Waals surface area contributed by atoms with Crippen LogP contribution in [0.3, 0.4) is 0 Å². The fourth-order valence-corrected chi connectivity index (χ4v) is 2.86. The Balaban J connectivity index is 1.93. The van der Waals surface area contributed by atoms with Crippen LogP contribution in [0.4, 0.5) is 5.69 Å². The van der Waals surface area contributed by atoms with Crippen LogP contribution < -0.4 is 0 Å². The topological polar surface area (TPSA) is 60.2 Å². The van der Waals surface area contributed by atoms with Crippen LogP contribution in [0.25, 0.3) is 0 Å². The minimum Gasteiger partial charge on any atom is -0.299 e. The largest absolute Gasteiger partial charge is 0.299 e. The van der Waals surface area contributed by atoms with Crippen molar-refractivity contribution in [2.45, 2.75) is 51.4 Å². The molecule has 20 heavy (non-hydrogen) atoms. The molecular formula is C16H21NO3. The lowest BCUT2D eigenvalue weighted by Gasteiger charge is -2.18. The number of nitro benzene ring substituents is 1. The van der Waals surface area contributed by atoms with Crippen molar-refractivity contribution in [3.05, 3.63) is 39.9 Å². The molecule has 1 saturated carbocycles. The van der Waals surface area contributed by atoms with Gasteiger partial charge in [0.15, 0.2) is 0 Å². The van der Waals surface area contributed by atoms with E-state index in [1.165, 1.54) is 31.4 Å². The quantitative estimate of drug-likeness (QED) is 0.614. The third-order valence-corrected chi connectivity index (χ3v) is 4.09. The molecule has 1 aromatic carbocycles. The van der Waals surface area contributed by atoms with Crippen LogP contribution in [0.1, 0.15) is 50.5 Å². The van der Waals surface area contributed by atoms with E-state index >= 15 is 0 Å². The Kier molecular flexibility index (Phi) is 5.27. The van der Waals surface area contributed by atoms with Gasteiger partial charge in [-0.25, -0.2) is 0 Å². The minimum atomic E-state index is -0.416. The van der Waals surface area contributed by atoms with E-state index in [0.29, 0.717) is 12.2 Å². The number of rotatable bonds is 4. The first kappa shape index (κ1) is 14.7. The molecule has 0 amide bonds. The number of ketones is 1. The Labute approximate surface area is 119 Å². The highest BCUT2D eigenvalue weighted by Gasteiger charge is 2.19. The predicted octanol–water partition coefficient (Wildman–Crippen LogP) is 4.07. The summed E-state index contributed by atoms with van der Waals surface area (Å²) in [5, 5.41) is 10.6. The lowest BCUT2D eigenvalue weighted by molar-refractivity contribution is -0.384. The molecule has 4 heteroatoms. The molecule has 0 spiro atoms. The summed E-state index contributed by atoms with van der Waals surface area (Å²) >= 11 is 0. The van der Waals surface area contributed by atoms with Crippen molar-refractivity contribution in [3.63, 3.8) is 0 Å². The second-order valence-electron chi connectivity index (χ2n) is 5.61. The van der Waals surface area contributed by atoms with Crippen molar-refractivity contribution < 1.29 is 9.72 Å². The molecule has 0 bridgehead atoms. The highest BCUT2D eigenvalue weighted by Crippen LogP contribution is 2.24. The van der Waals surface area contributed by atoms with Crippen LogP contribution in [0, 0.1) is 16.0 Å². The molecule has 0 heterocycles. The van der Waals surface area contributed by atoms with Gasteiger partial charge in [-0.1, -0.05) is 44.2 Å². The van der Waals surface area contributed by atoms with Crippen molar-refractivity contribution in [2.75, 3.05) is 0 Å². The van der Waals surface area contributed by atoms with Crippen LogP contribution in [0.5, 0.6) is 0 Å². The van der Waals surface area contributed by atoms with E-state index in [0.717, 1.165) is 31.2 Å².